The zero-order valence-corrected chi connectivity index (χ0v) is 14.6. The normalized spacial score (nSPS) is 19.8. The number of amides is 2. The Morgan fingerprint density at radius 1 is 1.24 bits per heavy atom. The van der Waals surface area contributed by atoms with Crippen LogP contribution in [0.4, 0.5) is 4.79 Å². The number of benzene rings is 1. The summed E-state index contributed by atoms with van der Waals surface area (Å²) in [6.45, 7) is 1.55. The maximum atomic E-state index is 12.9. The highest BCUT2D eigenvalue weighted by molar-refractivity contribution is 5.74. The highest BCUT2D eigenvalue weighted by Crippen LogP contribution is 2.28. The molecule has 0 bridgehead atoms. The number of carbonyl (C=O) groups excluding carboxylic acids is 1. The van der Waals surface area contributed by atoms with E-state index in [1.165, 1.54) is 36.1 Å². The van der Waals surface area contributed by atoms with Crippen molar-refractivity contribution in [3.8, 4) is 0 Å². The number of hydrogen-bond donors (Lipinski definition) is 2. The predicted molar refractivity (Wildman–Crippen MR) is 97.1 cm³/mol. The van der Waals surface area contributed by atoms with Gasteiger partial charge >= 0.3 is 6.03 Å². The van der Waals surface area contributed by atoms with Gasteiger partial charge in [-0.3, -0.25) is 5.10 Å². The lowest BCUT2D eigenvalue weighted by Crippen LogP contribution is -2.48. The molecule has 2 aliphatic carbocycles. The standard InChI is InChI=1S/C20H26N4O/c25-20(22-18-9-10-19-17(11-18)12-21-23-19)24(14-16-7-4-8-16)13-15-5-2-1-3-6-15/h1-3,5-6,12,16,18H,4,7-11,13-14H2,(H,21,23)(H,22,25)/t18-/m0/s1. The number of rotatable bonds is 5. The van der Waals surface area contributed by atoms with Gasteiger partial charge in [-0.25, -0.2) is 4.79 Å². The van der Waals surface area contributed by atoms with E-state index in [0.29, 0.717) is 12.5 Å². The van der Waals surface area contributed by atoms with Gasteiger partial charge in [0.15, 0.2) is 0 Å². The topological polar surface area (TPSA) is 61.0 Å². The molecule has 1 heterocycles. The van der Waals surface area contributed by atoms with Crippen LogP contribution in [0.5, 0.6) is 0 Å². The van der Waals surface area contributed by atoms with Crippen molar-refractivity contribution in [3.05, 3.63) is 53.3 Å². The Hall–Kier alpha value is -2.30. The lowest BCUT2D eigenvalue weighted by molar-refractivity contribution is 0.160. The minimum Gasteiger partial charge on any atom is -0.335 e. The number of carbonyl (C=O) groups is 1. The van der Waals surface area contributed by atoms with Crippen LogP contribution in [0.3, 0.4) is 0 Å². The molecule has 1 fully saturated rings. The molecule has 4 rings (SSSR count). The zero-order valence-electron chi connectivity index (χ0n) is 14.6. The number of aromatic amines is 1. The van der Waals surface area contributed by atoms with Crippen molar-refractivity contribution in [1.29, 1.82) is 0 Å². The first-order chi connectivity index (χ1) is 12.3. The van der Waals surface area contributed by atoms with Crippen molar-refractivity contribution in [2.45, 2.75) is 51.1 Å². The molecule has 1 aromatic heterocycles. The van der Waals surface area contributed by atoms with Gasteiger partial charge in [-0.2, -0.15) is 5.10 Å². The molecule has 0 radical (unpaired) electrons. The lowest BCUT2D eigenvalue weighted by atomic mass is 9.85. The summed E-state index contributed by atoms with van der Waals surface area (Å²) < 4.78 is 0. The Bertz CT molecular complexity index is 707. The molecular weight excluding hydrogens is 312 g/mol. The Labute approximate surface area is 148 Å². The summed E-state index contributed by atoms with van der Waals surface area (Å²) >= 11 is 0. The first kappa shape index (κ1) is 16.2. The summed E-state index contributed by atoms with van der Waals surface area (Å²) in [6, 6.07) is 10.6. The summed E-state index contributed by atoms with van der Waals surface area (Å²) in [5.41, 5.74) is 3.66. The summed E-state index contributed by atoms with van der Waals surface area (Å²) in [4.78, 5) is 14.9. The van der Waals surface area contributed by atoms with Crippen molar-refractivity contribution in [3.63, 3.8) is 0 Å². The Kier molecular flexibility index (Phi) is 4.72. The van der Waals surface area contributed by atoms with E-state index in [1.54, 1.807) is 0 Å². The number of aromatic nitrogens is 2. The fourth-order valence-electron chi connectivity index (χ4n) is 3.82. The Balaban J connectivity index is 1.40. The number of fused-ring (bicyclic) bond motifs is 1. The molecule has 1 saturated carbocycles. The van der Waals surface area contributed by atoms with Crippen LogP contribution in [-0.4, -0.2) is 33.7 Å². The number of urea groups is 1. The van der Waals surface area contributed by atoms with Crippen LogP contribution in [0.1, 0.15) is 42.5 Å². The second kappa shape index (κ2) is 7.30. The van der Waals surface area contributed by atoms with Gasteiger partial charge in [0, 0.05) is 24.8 Å². The third-order valence-corrected chi connectivity index (χ3v) is 5.55. The number of nitrogens with zero attached hydrogens (tertiary/aromatic N) is 2. The predicted octanol–water partition coefficient (Wildman–Crippen LogP) is 3.28. The Morgan fingerprint density at radius 2 is 2.08 bits per heavy atom. The molecule has 0 saturated heterocycles. The van der Waals surface area contributed by atoms with E-state index in [-0.39, 0.29) is 12.1 Å². The van der Waals surface area contributed by atoms with Gasteiger partial charge in [0.25, 0.3) is 0 Å². The molecule has 0 spiro atoms. The van der Waals surface area contributed by atoms with Crippen molar-refractivity contribution >= 4 is 6.03 Å². The van der Waals surface area contributed by atoms with E-state index in [0.717, 1.165) is 25.8 Å². The molecule has 0 unspecified atom stereocenters. The average molecular weight is 338 g/mol. The highest BCUT2D eigenvalue weighted by Gasteiger charge is 2.27. The molecule has 2 aliphatic rings. The summed E-state index contributed by atoms with van der Waals surface area (Å²) in [5, 5.41) is 10.4. The fourth-order valence-corrected chi connectivity index (χ4v) is 3.82. The van der Waals surface area contributed by atoms with Crippen LogP contribution in [0.2, 0.25) is 0 Å². The summed E-state index contributed by atoms with van der Waals surface area (Å²) in [6.07, 6.45) is 8.51. The molecule has 132 valence electrons. The smallest absolute Gasteiger partial charge is 0.317 e. The van der Waals surface area contributed by atoms with Crippen molar-refractivity contribution in [2.24, 2.45) is 5.92 Å². The minimum atomic E-state index is 0.0766. The molecule has 1 atom stereocenters. The largest absolute Gasteiger partial charge is 0.335 e. The van der Waals surface area contributed by atoms with Gasteiger partial charge in [-0.15, -0.1) is 0 Å². The second-order valence-corrected chi connectivity index (χ2v) is 7.43. The average Bonchev–Trinajstić information content (AvgIpc) is 3.05. The SMILES string of the molecule is O=C(N[C@H]1CCc2[nH]ncc2C1)N(Cc1ccccc1)CC1CCC1. The number of H-pyrrole nitrogens is 1. The molecule has 1 aromatic carbocycles. The van der Waals surface area contributed by atoms with E-state index < -0.39 is 0 Å². The van der Waals surface area contributed by atoms with Gasteiger partial charge in [0.1, 0.15) is 0 Å². The number of hydrogen-bond acceptors (Lipinski definition) is 2. The van der Waals surface area contributed by atoms with Crippen LogP contribution in [0.15, 0.2) is 36.5 Å². The van der Waals surface area contributed by atoms with Crippen molar-refractivity contribution in [2.75, 3.05) is 6.54 Å². The zero-order chi connectivity index (χ0) is 17.1. The van der Waals surface area contributed by atoms with E-state index in [1.807, 2.05) is 29.3 Å². The van der Waals surface area contributed by atoms with Crippen molar-refractivity contribution in [1.82, 2.24) is 20.4 Å². The van der Waals surface area contributed by atoms with Gasteiger partial charge in [0.05, 0.1) is 6.20 Å². The van der Waals surface area contributed by atoms with Crippen LogP contribution in [0, 0.1) is 5.92 Å². The summed E-state index contributed by atoms with van der Waals surface area (Å²) in [7, 11) is 0. The van der Waals surface area contributed by atoms with Crippen molar-refractivity contribution < 1.29 is 4.79 Å². The molecular formula is C20H26N4O. The maximum absolute atomic E-state index is 12.9. The maximum Gasteiger partial charge on any atom is 0.317 e. The number of nitrogens with one attached hydrogen (secondary N) is 2. The minimum absolute atomic E-state index is 0.0766. The monoisotopic (exact) mass is 338 g/mol. The van der Waals surface area contributed by atoms with Gasteiger partial charge in [-0.05, 0) is 49.1 Å². The lowest BCUT2D eigenvalue weighted by Gasteiger charge is -2.34. The van der Waals surface area contributed by atoms with Gasteiger partial charge < -0.3 is 10.2 Å². The molecule has 2 aromatic rings. The first-order valence-electron chi connectivity index (χ1n) is 9.38. The van der Waals surface area contributed by atoms with E-state index in [2.05, 4.69) is 27.6 Å². The number of aryl methyl sites for hydroxylation is 1. The van der Waals surface area contributed by atoms with E-state index >= 15 is 0 Å². The molecule has 5 nitrogen and oxygen atoms in total. The third kappa shape index (κ3) is 3.86. The first-order valence-corrected chi connectivity index (χ1v) is 9.38. The van der Waals surface area contributed by atoms with E-state index in [4.69, 9.17) is 0 Å². The second-order valence-electron chi connectivity index (χ2n) is 7.43. The van der Waals surface area contributed by atoms with Crippen LogP contribution in [-0.2, 0) is 19.4 Å². The molecule has 2 N–H and O–H groups in total. The molecule has 5 heteroatoms. The molecule has 0 aliphatic heterocycles. The quantitative estimate of drug-likeness (QED) is 0.879. The highest BCUT2D eigenvalue weighted by atomic mass is 16.2. The molecule has 25 heavy (non-hydrogen) atoms. The van der Waals surface area contributed by atoms with Gasteiger partial charge in [-0.1, -0.05) is 36.8 Å². The fraction of sp³-hybridized carbons (Fsp3) is 0.500. The van der Waals surface area contributed by atoms with E-state index in [9.17, 15) is 4.79 Å². The van der Waals surface area contributed by atoms with Crippen LogP contribution in [0.25, 0.3) is 0 Å². The molecule has 2 amide bonds. The third-order valence-electron chi connectivity index (χ3n) is 5.55. The Morgan fingerprint density at radius 3 is 2.84 bits per heavy atom. The summed E-state index contributed by atoms with van der Waals surface area (Å²) in [5.74, 6) is 0.668. The van der Waals surface area contributed by atoms with Crippen LogP contribution < -0.4 is 5.32 Å². The van der Waals surface area contributed by atoms with Gasteiger partial charge in [0.2, 0.25) is 0 Å². The van der Waals surface area contributed by atoms with Crippen LogP contribution >= 0.6 is 0 Å².